The molecular weight excluding hydrogens is 489 g/mol. The van der Waals surface area contributed by atoms with E-state index in [0.717, 1.165) is 77.0 Å². The smallest absolute Gasteiger partial charge is 0.550 e. The molecule has 3 aliphatic carbocycles. The Morgan fingerprint density at radius 1 is 0.429 bits per heavy atom. The molecule has 3 aliphatic rings. The van der Waals surface area contributed by atoms with Crippen molar-refractivity contribution in [2.24, 2.45) is 17.8 Å². The van der Waals surface area contributed by atoms with E-state index in [-0.39, 0.29) is 59.0 Å². The summed E-state index contributed by atoms with van der Waals surface area (Å²) < 4.78 is 0. The fourth-order valence-corrected chi connectivity index (χ4v) is 4.01. The van der Waals surface area contributed by atoms with Crippen LogP contribution in [0, 0.1) is 59.0 Å². The molecule has 0 atom stereocenters. The summed E-state index contributed by atoms with van der Waals surface area (Å²) in [5.74, 6) is -2.98. The van der Waals surface area contributed by atoms with E-state index in [9.17, 15) is 29.7 Å². The Kier molecular flexibility index (Phi) is 16.4. The number of carbonyl (C=O) groups is 3. The molecule has 0 spiro atoms. The van der Waals surface area contributed by atoms with E-state index in [2.05, 4.69) is 0 Å². The van der Waals surface area contributed by atoms with Crippen LogP contribution in [0.25, 0.3) is 0 Å². The molecule has 0 radical (unpaired) electrons. The molecule has 28 heavy (non-hydrogen) atoms. The summed E-state index contributed by atoms with van der Waals surface area (Å²) in [6.45, 7) is 0. The minimum absolute atomic E-state index is 0. The SMILES string of the molecule is O=C([O-])C1CCCCC1.O=C([O-])C1CCCCC1.O=C([O-])C1CCCCC1.[Pr+3]. The van der Waals surface area contributed by atoms with Gasteiger partial charge in [-0.15, -0.1) is 0 Å². The Bertz CT molecular complexity index is 383. The summed E-state index contributed by atoms with van der Waals surface area (Å²) in [4.78, 5) is 30.7. The molecule has 0 amide bonds. The van der Waals surface area contributed by atoms with Gasteiger partial charge < -0.3 is 29.7 Å². The fraction of sp³-hybridized carbons (Fsp3) is 0.857. The molecular formula is C21H33O6Pr. The quantitative estimate of drug-likeness (QED) is 0.545. The van der Waals surface area contributed by atoms with Gasteiger partial charge in [0.2, 0.25) is 0 Å². The van der Waals surface area contributed by atoms with Crippen molar-refractivity contribution in [1.82, 2.24) is 0 Å². The first kappa shape index (κ1) is 27.8. The first-order chi connectivity index (χ1) is 12.9. The summed E-state index contributed by atoms with van der Waals surface area (Å²) in [5.41, 5.74) is 0. The van der Waals surface area contributed by atoms with E-state index >= 15 is 0 Å². The monoisotopic (exact) mass is 522 g/mol. The van der Waals surface area contributed by atoms with Gasteiger partial charge in [0.1, 0.15) is 0 Å². The molecule has 0 heterocycles. The topological polar surface area (TPSA) is 120 Å². The molecule has 0 saturated heterocycles. The summed E-state index contributed by atoms with van der Waals surface area (Å²) in [6.07, 6.45) is 15.0. The maximum absolute atomic E-state index is 10.2. The van der Waals surface area contributed by atoms with Crippen molar-refractivity contribution in [3.05, 3.63) is 0 Å². The van der Waals surface area contributed by atoms with E-state index in [1.165, 1.54) is 19.3 Å². The summed E-state index contributed by atoms with van der Waals surface area (Å²) >= 11 is 0. The first-order valence-electron chi connectivity index (χ1n) is 10.5. The molecule has 0 N–H and O–H groups in total. The summed E-state index contributed by atoms with van der Waals surface area (Å²) in [7, 11) is 0. The molecule has 7 heteroatoms. The van der Waals surface area contributed by atoms with E-state index in [4.69, 9.17) is 0 Å². The minimum Gasteiger partial charge on any atom is -0.550 e. The number of hydrogen-bond acceptors (Lipinski definition) is 6. The molecule has 0 aromatic heterocycles. The summed E-state index contributed by atoms with van der Waals surface area (Å²) in [6, 6.07) is 0. The third-order valence-electron chi connectivity index (χ3n) is 5.82. The standard InChI is InChI=1S/3C7H12O2.Pr/c3*8-7(9)6-4-2-1-3-5-6;/h3*6H,1-5H2,(H,8,9);/q;;;+3/p-3. The number of hydrogen-bond donors (Lipinski definition) is 0. The Morgan fingerprint density at radius 2 is 0.607 bits per heavy atom. The van der Waals surface area contributed by atoms with Gasteiger partial charge in [0.05, 0.1) is 0 Å². The average Bonchev–Trinajstić information content (AvgIpc) is 2.71. The van der Waals surface area contributed by atoms with E-state index < -0.39 is 17.9 Å². The number of carboxylic acid groups (broad SMARTS) is 3. The van der Waals surface area contributed by atoms with Gasteiger partial charge in [-0.3, -0.25) is 0 Å². The molecule has 156 valence electrons. The zero-order valence-corrected chi connectivity index (χ0v) is 20.6. The van der Waals surface area contributed by atoms with Gasteiger partial charge in [-0.1, -0.05) is 57.8 Å². The Balaban J connectivity index is 0.000000384. The molecule has 6 nitrogen and oxygen atoms in total. The van der Waals surface area contributed by atoms with Crippen LogP contribution in [0.3, 0.4) is 0 Å². The van der Waals surface area contributed by atoms with Crippen molar-refractivity contribution in [3.63, 3.8) is 0 Å². The van der Waals surface area contributed by atoms with Gasteiger partial charge in [0.25, 0.3) is 0 Å². The average molecular weight is 522 g/mol. The number of aliphatic carboxylic acids is 3. The van der Waals surface area contributed by atoms with Crippen molar-refractivity contribution in [3.8, 4) is 0 Å². The van der Waals surface area contributed by atoms with Gasteiger partial charge in [0.15, 0.2) is 0 Å². The predicted molar refractivity (Wildman–Crippen MR) is 94.7 cm³/mol. The third-order valence-corrected chi connectivity index (χ3v) is 5.82. The Morgan fingerprint density at radius 3 is 0.714 bits per heavy atom. The minimum atomic E-state index is -0.852. The zero-order chi connectivity index (χ0) is 20.1. The molecule has 0 unspecified atom stereocenters. The van der Waals surface area contributed by atoms with E-state index in [1.807, 2.05) is 0 Å². The normalized spacial score (nSPS) is 21.0. The summed E-state index contributed by atoms with van der Waals surface area (Å²) in [5, 5.41) is 30.7. The molecule has 0 bridgehead atoms. The maximum atomic E-state index is 10.2. The molecule has 0 aliphatic heterocycles. The molecule has 3 fully saturated rings. The predicted octanol–water partition coefficient (Wildman–Crippen LogP) is 0.950. The molecule has 3 rings (SSSR count). The van der Waals surface area contributed by atoms with Crippen LogP contribution in [0.5, 0.6) is 0 Å². The van der Waals surface area contributed by atoms with Gasteiger partial charge in [0, 0.05) is 17.9 Å². The second-order valence-electron chi connectivity index (χ2n) is 7.96. The third kappa shape index (κ3) is 12.4. The van der Waals surface area contributed by atoms with Crippen LogP contribution in [-0.4, -0.2) is 17.9 Å². The van der Waals surface area contributed by atoms with E-state index in [1.54, 1.807) is 0 Å². The number of carbonyl (C=O) groups excluding carboxylic acids is 3. The van der Waals surface area contributed by atoms with Gasteiger partial charge in [-0.05, 0) is 56.3 Å². The number of rotatable bonds is 3. The van der Waals surface area contributed by atoms with Crippen LogP contribution in [0.1, 0.15) is 96.3 Å². The molecule has 3 saturated carbocycles. The van der Waals surface area contributed by atoms with Crippen molar-refractivity contribution in [1.29, 1.82) is 0 Å². The van der Waals surface area contributed by atoms with Crippen molar-refractivity contribution in [2.75, 3.05) is 0 Å². The largest absolute Gasteiger partial charge is 3.00 e. The first-order valence-corrected chi connectivity index (χ1v) is 10.5. The number of carboxylic acids is 3. The van der Waals surface area contributed by atoms with Gasteiger partial charge in [-0.2, -0.15) is 0 Å². The Hall–Kier alpha value is -0.226. The van der Waals surface area contributed by atoms with Crippen LogP contribution in [0.15, 0.2) is 0 Å². The van der Waals surface area contributed by atoms with E-state index in [0.29, 0.717) is 0 Å². The van der Waals surface area contributed by atoms with Crippen LogP contribution in [-0.2, 0) is 14.4 Å². The fourth-order valence-electron chi connectivity index (χ4n) is 4.01. The van der Waals surface area contributed by atoms with Crippen LogP contribution >= 0.6 is 0 Å². The second kappa shape index (κ2) is 16.6. The zero-order valence-electron chi connectivity index (χ0n) is 16.9. The van der Waals surface area contributed by atoms with Crippen molar-refractivity contribution >= 4 is 17.9 Å². The van der Waals surface area contributed by atoms with Crippen LogP contribution in [0.2, 0.25) is 0 Å². The van der Waals surface area contributed by atoms with Gasteiger partial charge in [-0.25, -0.2) is 0 Å². The van der Waals surface area contributed by atoms with Crippen molar-refractivity contribution < 1.29 is 71.0 Å². The van der Waals surface area contributed by atoms with Gasteiger partial charge >= 0.3 is 41.3 Å². The van der Waals surface area contributed by atoms with Crippen LogP contribution in [0.4, 0.5) is 0 Å². The van der Waals surface area contributed by atoms with Crippen LogP contribution < -0.4 is 15.3 Å². The molecule has 0 aromatic rings. The second-order valence-corrected chi connectivity index (χ2v) is 7.96. The maximum Gasteiger partial charge on any atom is 3.00 e. The molecule has 0 aromatic carbocycles. The van der Waals surface area contributed by atoms with Crippen molar-refractivity contribution in [2.45, 2.75) is 96.3 Å². The Labute approximate surface area is 201 Å².